The fourth-order valence-electron chi connectivity index (χ4n) is 1.83. The summed E-state index contributed by atoms with van der Waals surface area (Å²) in [5.74, 6) is 1.30. The lowest BCUT2D eigenvalue weighted by Crippen LogP contribution is -2.44. The number of nitrogens with two attached hydrogens (primary N) is 1. The van der Waals surface area contributed by atoms with Crippen LogP contribution in [-0.2, 0) is 7.05 Å². The van der Waals surface area contributed by atoms with Crippen molar-refractivity contribution in [1.82, 2.24) is 25.0 Å². The average molecular weight is 210 g/mol. The molecular weight excluding hydrogens is 192 g/mol. The van der Waals surface area contributed by atoms with Gasteiger partial charge in [0.15, 0.2) is 5.82 Å². The molecular formula is C9H18N6. The second kappa shape index (κ2) is 4.16. The molecule has 1 aliphatic rings. The van der Waals surface area contributed by atoms with Gasteiger partial charge in [-0.2, -0.15) is 10.1 Å². The van der Waals surface area contributed by atoms with Crippen molar-refractivity contribution in [1.29, 1.82) is 0 Å². The van der Waals surface area contributed by atoms with Gasteiger partial charge in [0.1, 0.15) is 0 Å². The normalized spacial score (nSPS) is 20.4. The molecule has 0 saturated carbocycles. The second-order valence-electron chi connectivity index (χ2n) is 3.91. The van der Waals surface area contributed by atoms with Gasteiger partial charge in [-0.1, -0.05) is 0 Å². The minimum Gasteiger partial charge on any atom is -0.368 e. The number of nitrogen functional groups attached to an aromatic ring is 1. The van der Waals surface area contributed by atoms with Gasteiger partial charge in [0.05, 0.1) is 6.04 Å². The summed E-state index contributed by atoms with van der Waals surface area (Å²) >= 11 is 0. The number of aromatic nitrogens is 3. The fourth-order valence-corrected chi connectivity index (χ4v) is 1.83. The van der Waals surface area contributed by atoms with Crippen molar-refractivity contribution in [2.24, 2.45) is 7.05 Å². The Labute approximate surface area is 89.5 Å². The molecule has 3 N–H and O–H groups in total. The lowest BCUT2D eigenvalue weighted by molar-refractivity contribution is 0.179. The third-order valence-electron chi connectivity index (χ3n) is 2.89. The molecule has 0 radical (unpaired) electrons. The van der Waals surface area contributed by atoms with Crippen molar-refractivity contribution in [2.75, 3.05) is 31.9 Å². The van der Waals surface area contributed by atoms with Crippen LogP contribution in [0.1, 0.15) is 18.8 Å². The van der Waals surface area contributed by atoms with E-state index >= 15 is 0 Å². The molecule has 2 heterocycles. The maximum absolute atomic E-state index is 5.67. The van der Waals surface area contributed by atoms with Gasteiger partial charge >= 0.3 is 0 Å². The van der Waals surface area contributed by atoms with Crippen LogP contribution in [0, 0.1) is 0 Å². The molecule has 84 valence electrons. The van der Waals surface area contributed by atoms with Gasteiger partial charge in [-0.25, -0.2) is 4.68 Å². The van der Waals surface area contributed by atoms with E-state index < -0.39 is 0 Å². The van der Waals surface area contributed by atoms with Crippen LogP contribution < -0.4 is 11.1 Å². The van der Waals surface area contributed by atoms with Gasteiger partial charge < -0.3 is 11.1 Å². The van der Waals surface area contributed by atoms with Gasteiger partial charge in [0.25, 0.3) is 0 Å². The number of nitrogens with zero attached hydrogens (tertiary/aromatic N) is 4. The Balaban J connectivity index is 2.08. The van der Waals surface area contributed by atoms with Crippen LogP contribution in [0.15, 0.2) is 0 Å². The van der Waals surface area contributed by atoms with E-state index in [1.807, 2.05) is 7.05 Å². The highest BCUT2D eigenvalue weighted by atomic mass is 15.4. The maximum atomic E-state index is 5.67. The van der Waals surface area contributed by atoms with E-state index in [1.54, 1.807) is 4.68 Å². The van der Waals surface area contributed by atoms with Crippen molar-refractivity contribution < 1.29 is 0 Å². The summed E-state index contributed by atoms with van der Waals surface area (Å²) in [6, 6.07) is 0.246. The van der Waals surface area contributed by atoms with Gasteiger partial charge in [-0.3, -0.25) is 4.90 Å². The summed E-state index contributed by atoms with van der Waals surface area (Å²) in [5.41, 5.74) is 5.67. The molecule has 0 bridgehead atoms. The molecule has 1 saturated heterocycles. The molecule has 1 aromatic rings. The summed E-state index contributed by atoms with van der Waals surface area (Å²) in [4.78, 5) is 6.62. The predicted molar refractivity (Wildman–Crippen MR) is 58.3 cm³/mol. The fraction of sp³-hybridized carbons (Fsp3) is 0.778. The average Bonchev–Trinajstić information content (AvgIpc) is 2.59. The second-order valence-corrected chi connectivity index (χ2v) is 3.91. The Bertz CT molecular complexity index is 308. The maximum Gasteiger partial charge on any atom is 0.218 e. The van der Waals surface area contributed by atoms with E-state index in [1.165, 1.54) is 0 Å². The van der Waals surface area contributed by atoms with Gasteiger partial charge in [-0.05, 0) is 6.92 Å². The highest BCUT2D eigenvalue weighted by Crippen LogP contribution is 2.17. The van der Waals surface area contributed by atoms with Crippen molar-refractivity contribution in [3.8, 4) is 0 Å². The van der Waals surface area contributed by atoms with E-state index in [-0.39, 0.29) is 6.04 Å². The third kappa shape index (κ3) is 2.10. The van der Waals surface area contributed by atoms with Gasteiger partial charge in [0.2, 0.25) is 5.95 Å². The Morgan fingerprint density at radius 2 is 2.07 bits per heavy atom. The largest absolute Gasteiger partial charge is 0.368 e. The minimum absolute atomic E-state index is 0.246. The molecule has 2 rings (SSSR count). The minimum atomic E-state index is 0.246. The van der Waals surface area contributed by atoms with Crippen molar-refractivity contribution in [2.45, 2.75) is 13.0 Å². The zero-order chi connectivity index (χ0) is 10.8. The monoisotopic (exact) mass is 210 g/mol. The van der Waals surface area contributed by atoms with Crippen LogP contribution in [0.25, 0.3) is 0 Å². The van der Waals surface area contributed by atoms with Crippen molar-refractivity contribution in [3.63, 3.8) is 0 Å². The Hall–Kier alpha value is -1.14. The van der Waals surface area contributed by atoms with E-state index in [4.69, 9.17) is 5.73 Å². The highest BCUT2D eigenvalue weighted by Gasteiger charge is 2.21. The Morgan fingerprint density at radius 1 is 1.40 bits per heavy atom. The molecule has 1 aromatic heterocycles. The molecule has 6 heteroatoms. The molecule has 0 spiro atoms. The summed E-state index contributed by atoms with van der Waals surface area (Å²) in [5, 5.41) is 7.63. The Kier molecular flexibility index (Phi) is 2.88. The standard InChI is InChI=1S/C9H18N6/c1-7(15-5-3-11-4-6-15)8-12-9(10)14(2)13-8/h7,11H,3-6H2,1-2H3,(H2,10,12,13). The van der Waals surface area contributed by atoms with Crippen molar-refractivity contribution >= 4 is 5.95 Å². The summed E-state index contributed by atoms with van der Waals surface area (Å²) < 4.78 is 1.62. The number of aryl methyl sites for hydroxylation is 1. The first-order chi connectivity index (χ1) is 7.18. The molecule has 0 aliphatic carbocycles. The molecule has 15 heavy (non-hydrogen) atoms. The molecule has 0 amide bonds. The zero-order valence-electron chi connectivity index (χ0n) is 9.27. The molecule has 1 unspecified atom stereocenters. The van der Waals surface area contributed by atoms with E-state index in [0.717, 1.165) is 32.0 Å². The van der Waals surface area contributed by atoms with E-state index in [9.17, 15) is 0 Å². The molecule has 1 fully saturated rings. The summed E-state index contributed by atoms with van der Waals surface area (Å²) in [7, 11) is 1.82. The SMILES string of the molecule is CC(c1nc(N)n(C)n1)N1CCNCC1. The first-order valence-electron chi connectivity index (χ1n) is 5.29. The molecule has 6 nitrogen and oxygen atoms in total. The Morgan fingerprint density at radius 3 is 2.60 bits per heavy atom. The van der Waals surface area contributed by atoms with Crippen LogP contribution in [0.4, 0.5) is 5.95 Å². The lowest BCUT2D eigenvalue weighted by Gasteiger charge is -2.31. The number of anilines is 1. The van der Waals surface area contributed by atoms with E-state index in [0.29, 0.717) is 5.95 Å². The van der Waals surface area contributed by atoms with Crippen molar-refractivity contribution in [3.05, 3.63) is 5.82 Å². The zero-order valence-corrected chi connectivity index (χ0v) is 9.27. The predicted octanol–water partition coefficient (Wildman–Crippen LogP) is -0.636. The number of hydrogen-bond donors (Lipinski definition) is 2. The third-order valence-corrected chi connectivity index (χ3v) is 2.89. The van der Waals surface area contributed by atoms with Crippen LogP contribution in [-0.4, -0.2) is 45.8 Å². The summed E-state index contributed by atoms with van der Waals surface area (Å²) in [6.45, 7) is 6.28. The van der Waals surface area contributed by atoms with Crippen LogP contribution in [0.2, 0.25) is 0 Å². The van der Waals surface area contributed by atoms with Crippen LogP contribution in [0.3, 0.4) is 0 Å². The van der Waals surface area contributed by atoms with Crippen LogP contribution in [0.5, 0.6) is 0 Å². The molecule has 0 aromatic carbocycles. The van der Waals surface area contributed by atoms with E-state index in [2.05, 4.69) is 27.2 Å². The smallest absolute Gasteiger partial charge is 0.218 e. The molecule has 1 aliphatic heterocycles. The highest BCUT2D eigenvalue weighted by molar-refractivity contribution is 5.16. The lowest BCUT2D eigenvalue weighted by atomic mass is 10.2. The van der Waals surface area contributed by atoms with Gasteiger partial charge in [0, 0.05) is 33.2 Å². The number of hydrogen-bond acceptors (Lipinski definition) is 5. The van der Waals surface area contributed by atoms with Crippen LogP contribution >= 0.6 is 0 Å². The number of piperazine rings is 1. The quantitative estimate of drug-likeness (QED) is 0.679. The number of nitrogens with one attached hydrogen (secondary N) is 1. The summed E-state index contributed by atoms with van der Waals surface area (Å²) in [6.07, 6.45) is 0. The van der Waals surface area contributed by atoms with Gasteiger partial charge in [-0.15, -0.1) is 0 Å². The first-order valence-corrected chi connectivity index (χ1v) is 5.29. The molecule has 1 atom stereocenters. The topological polar surface area (TPSA) is 72.0 Å². The number of rotatable bonds is 2. The first kappa shape index (κ1) is 10.4.